The monoisotopic (exact) mass is 533 g/mol. The zero-order valence-corrected chi connectivity index (χ0v) is 23.1. The minimum Gasteiger partial charge on any atom is -0.461 e. The van der Waals surface area contributed by atoms with Gasteiger partial charge in [-0.25, -0.2) is 19.7 Å². The van der Waals surface area contributed by atoms with Gasteiger partial charge in [-0.05, 0) is 63.0 Å². The lowest BCUT2D eigenvalue weighted by Crippen LogP contribution is -2.41. The number of benzene rings is 1. The fourth-order valence-electron chi connectivity index (χ4n) is 5.56. The van der Waals surface area contributed by atoms with Crippen molar-refractivity contribution in [2.45, 2.75) is 58.9 Å². The number of ether oxygens (including phenoxy) is 1. The van der Waals surface area contributed by atoms with Gasteiger partial charge in [0.15, 0.2) is 17.0 Å². The van der Waals surface area contributed by atoms with Crippen LogP contribution in [0.2, 0.25) is 0 Å². The number of piperidine rings is 1. The molecule has 5 rings (SSSR count). The Balaban J connectivity index is 1.20. The lowest BCUT2D eigenvalue weighted by Gasteiger charge is -2.32. The molecule has 39 heavy (non-hydrogen) atoms. The number of nitrogens with zero attached hydrogens (tertiary/aromatic N) is 6. The van der Waals surface area contributed by atoms with E-state index in [0.29, 0.717) is 24.4 Å². The summed E-state index contributed by atoms with van der Waals surface area (Å²) in [5.74, 6) is 1.36. The number of esters is 1. The number of carbonyl (C=O) groups is 2. The smallest absolute Gasteiger partial charge is 0.338 e. The first kappa shape index (κ1) is 27.1. The Bertz CT molecular complexity index is 1290. The molecule has 2 aliphatic rings. The topological polar surface area (TPSA) is 105 Å². The summed E-state index contributed by atoms with van der Waals surface area (Å²) in [5, 5.41) is 3.03. The molecule has 1 N–H and O–H groups in total. The van der Waals surface area contributed by atoms with E-state index in [1.54, 1.807) is 30.6 Å². The van der Waals surface area contributed by atoms with Crippen molar-refractivity contribution in [2.75, 3.05) is 49.5 Å². The fraction of sp³-hybridized carbons (Fsp3) is 0.552. The highest BCUT2D eigenvalue weighted by Gasteiger charge is 2.29. The minimum atomic E-state index is -0.351. The molecule has 1 fully saturated rings. The van der Waals surface area contributed by atoms with E-state index in [-0.39, 0.29) is 17.8 Å². The molecule has 0 radical (unpaired) electrons. The summed E-state index contributed by atoms with van der Waals surface area (Å²) >= 11 is 0. The second kappa shape index (κ2) is 12.5. The van der Waals surface area contributed by atoms with Crippen LogP contribution in [0.25, 0.3) is 11.2 Å². The van der Waals surface area contributed by atoms with Gasteiger partial charge in [-0.1, -0.05) is 20.3 Å². The average Bonchev–Trinajstić information content (AvgIpc) is 3.16. The lowest BCUT2D eigenvalue weighted by molar-refractivity contribution is -0.120. The zero-order chi connectivity index (χ0) is 27.2. The number of nitrogens with one attached hydrogen (secondary N) is 1. The number of hydrogen-bond acceptors (Lipinski definition) is 8. The van der Waals surface area contributed by atoms with Crippen LogP contribution in [0.5, 0.6) is 0 Å². The number of imidazole rings is 1. The van der Waals surface area contributed by atoms with Crippen LogP contribution in [0.15, 0.2) is 30.6 Å². The van der Waals surface area contributed by atoms with Gasteiger partial charge in [0, 0.05) is 38.3 Å². The first-order valence-corrected chi connectivity index (χ1v) is 14.3. The highest BCUT2D eigenvalue weighted by atomic mass is 16.5. The molecule has 0 unspecified atom stereocenters. The molecule has 208 valence electrons. The van der Waals surface area contributed by atoms with Crippen LogP contribution in [0.4, 0.5) is 11.5 Å². The number of likely N-dealkylation sites (N-methyl/N-ethyl adjacent to an activating group) is 1. The van der Waals surface area contributed by atoms with Gasteiger partial charge in [0.2, 0.25) is 5.91 Å². The van der Waals surface area contributed by atoms with Gasteiger partial charge in [-0.2, -0.15) is 0 Å². The fourth-order valence-corrected chi connectivity index (χ4v) is 5.56. The molecular formula is C29H39N7O3. The molecular weight excluding hydrogens is 494 g/mol. The van der Waals surface area contributed by atoms with Gasteiger partial charge in [-0.3, -0.25) is 4.79 Å². The van der Waals surface area contributed by atoms with Crippen LogP contribution in [0.1, 0.15) is 62.1 Å². The molecule has 1 amide bonds. The maximum absolute atomic E-state index is 13.2. The molecule has 10 heteroatoms. The van der Waals surface area contributed by atoms with Crippen molar-refractivity contribution < 1.29 is 14.3 Å². The quantitative estimate of drug-likeness (QED) is 0.413. The van der Waals surface area contributed by atoms with Crippen LogP contribution in [-0.2, 0) is 22.5 Å². The van der Waals surface area contributed by atoms with Crippen molar-refractivity contribution in [3.8, 4) is 0 Å². The van der Waals surface area contributed by atoms with Gasteiger partial charge in [-0.15, -0.1) is 0 Å². The predicted octanol–water partition coefficient (Wildman–Crippen LogP) is 3.91. The van der Waals surface area contributed by atoms with Gasteiger partial charge >= 0.3 is 5.97 Å². The molecule has 0 bridgehead atoms. The summed E-state index contributed by atoms with van der Waals surface area (Å²) < 4.78 is 7.65. The molecule has 10 nitrogen and oxygen atoms in total. The van der Waals surface area contributed by atoms with Gasteiger partial charge < -0.3 is 24.4 Å². The molecule has 3 aromatic rings. The van der Waals surface area contributed by atoms with E-state index in [1.165, 1.54) is 6.42 Å². The van der Waals surface area contributed by atoms with E-state index >= 15 is 0 Å². The van der Waals surface area contributed by atoms with E-state index in [9.17, 15) is 9.59 Å². The van der Waals surface area contributed by atoms with Gasteiger partial charge in [0.25, 0.3) is 0 Å². The van der Waals surface area contributed by atoms with Crippen molar-refractivity contribution in [1.82, 2.24) is 24.4 Å². The van der Waals surface area contributed by atoms with Crippen LogP contribution in [0.3, 0.4) is 0 Å². The number of fused-ring (bicyclic) bond motifs is 3. The van der Waals surface area contributed by atoms with Crippen LogP contribution >= 0.6 is 0 Å². The zero-order valence-electron chi connectivity index (χ0n) is 23.1. The van der Waals surface area contributed by atoms with Crippen LogP contribution in [0, 0.1) is 5.92 Å². The first-order valence-electron chi connectivity index (χ1n) is 14.3. The van der Waals surface area contributed by atoms with E-state index in [1.807, 2.05) is 0 Å². The second-order valence-corrected chi connectivity index (χ2v) is 10.4. The van der Waals surface area contributed by atoms with Crippen LogP contribution in [-0.4, -0.2) is 75.6 Å². The SMILES string of the molecule is CCN(CC)CCOC(=O)c1ccc(NC(=O)[C@@H]2CCCN(c3ncnc4c3nc3n4CCCCC3)C2)cc1. The molecule has 4 heterocycles. The Hall–Kier alpha value is -3.53. The average molecular weight is 534 g/mol. The maximum Gasteiger partial charge on any atom is 0.338 e. The molecule has 1 atom stereocenters. The number of rotatable bonds is 9. The summed E-state index contributed by atoms with van der Waals surface area (Å²) in [4.78, 5) is 44.1. The van der Waals surface area contributed by atoms with Crippen molar-refractivity contribution >= 4 is 34.5 Å². The molecule has 2 aromatic heterocycles. The number of hydrogen-bond donors (Lipinski definition) is 1. The van der Waals surface area contributed by atoms with Gasteiger partial charge in [0.1, 0.15) is 18.8 Å². The van der Waals surface area contributed by atoms with Crippen molar-refractivity contribution in [1.29, 1.82) is 0 Å². The Morgan fingerprint density at radius 2 is 1.87 bits per heavy atom. The normalized spacial score (nSPS) is 17.6. The molecule has 0 saturated carbocycles. The van der Waals surface area contributed by atoms with E-state index in [2.05, 4.69) is 43.5 Å². The predicted molar refractivity (Wildman–Crippen MR) is 151 cm³/mol. The Morgan fingerprint density at radius 1 is 1.05 bits per heavy atom. The summed E-state index contributed by atoms with van der Waals surface area (Å²) in [7, 11) is 0. The third-order valence-electron chi connectivity index (χ3n) is 7.89. The molecule has 1 saturated heterocycles. The number of anilines is 2. The largest absolute Gasteiger partial charge is 0.461 e. The Morgan fingerprint density at radius 3 is 2.67 bits per heavy atom. The van der Waals surface area contributed by atoms with E-state index < -0.39 is 0 Å². The molecule has 2 aliphatic heterocycles. The number of amides is 1. The molecule has 1 aromatic carbocycles. The molecule has 0 spiro atoms. The van der Waals surface area contributed by atoms with E-state index in [0.717, 1.165) is 87.6 Å². The standard InChI is InChI=1S/C29H39N7O3/c1-3-34(4-2)17-18-39-29(38)21-11-13-23(14-12-21)32-28(37)22-9-8-15-35(19-22)26-25-27(31-20-30-26)36-16-7-5-6-10-24(36)33-25/h11-14,20,22H,3-10,15-19H2,1-2H3,(H,32,37)/t22-/m1/s1. The summed E-state index contributed by atoms with van der Waals surface area (Å²) in [6.07, 6.45) is 7.81. The van der Waals surface area contributed by atoms with E-state index in [4.69, 9.17) is 9.72 Å². The van der Waals surface area contributed by atoms with Crippen molar-refractivity contribution in [3.05, 3.63) is 42.0 Å². The van der Waals surface area contributed by atoms with Crippen molar-refractivity contribution in [2.24, 2.45) is 5.92 Å². The number of aromatic nitrogens is 4. The Kier molecular flexibility index (Phi) is 8.71. The lowest BCUT2D eigenvalue weighted by atomic mass is 9.97. The van der Waals surface area contributed by atoms with Crippen molar-refractivity contribution in [3.63, 3.8) is 0 Å². The summed E-state index contributed by atoms with van der Waals surface area (Å²) in [6, 6.07) is 6.91. The minimum absolute atomic E-state index is 0.0276. The number of aryl methyl sites for hydroxylation is 2. The highest BCUT2D eigenvalue weighted by Crippen LogP contribution is 2.30. The van der Waals surface area contributed by atoms with Gasteiger partial charge in [0.05, 0.1) is 11.5 Å². The molecule has 0 aliphatic carbocycles. The first-order chi connectivity index (χ1) is 19.1. The number of carbonyl (C=O) groups excluding carboxylic acids is 2. The Labute approximate surface area is 229 Å². The second-order valence-electron chi connectivity index (χ2n) is 10.4. The highest BCUT2D eigenvalue weighted by molar-refractivity contribution is 5.95. The van der Waals surface area contributed by atoms with Crippen LogP contribution < -0.4 is 10.2 Å². The summed E-state index contributed by atoms with van der Waals surface area (Å²) in [5.41, 5.74) is 2.88. The third kappa shape index (κ3) is 6.21. The summed E-state index contributed by atoms with van der Waals surface area (Å²) in [6.45, 7) is 9.47. The maximum atomic E-state index is 13.2. The third-order valence-corrected chi connectivity index (χ3v) is 7.89.